The normalized spacial score (nSPS) is 18.5. The first-order valence-electron chi connectivity index (χ1n) is 8.34. The Labute approximate surface area is 132 Å². The van der Waals surface area contributed by atoms with E-state index < -0.39 is 0 Å². The van der Waals surface area contributed by atoms with Crippen LogP contribution in [0.5, 0.6) is 0 Å². The fraction of sp³-hybridized carbons (Fsp3) is 0.500. The second kappa shape index (κ2) is 6.86. The third-order valence-corrected chi connectivity index (χ3v) is 4.44. The smallest absolute Gasteiger partial charge is 0.180 e. The fourth-order valence-electron chi connectivity index (χ4n) is 3.04. The average Bonchev–Trinajstić information content (AvgIpc) is 2.62. The Kier molecular flexibility index (Phi) is 4.66. The maximum absolute atomic E-state index is 4.80. The first-order chi connectivity index (χ1) is 10.8. The highest BCUT2D eigenvalue weighted by molar-refractivity contribution is 5.53. The lowest BCUT2D eigenvalue weighted by Crippen LogP contribution is -2.35. The number of aromatic nitrogens is 3. The predicted molar refractivity (Wildman–Crippen MR) is 89.9 cm³/mol. The minimum absolute atomic E-state index is 0.744. The molecule has 0 bridgehead atoms. The van der Waals surface area contributed by atoms with Gasteiger partial charge in [-0.1, -0.05) is 26.3 Å². The zero-order chi connectivity index (χ0) is 15.4. The number of rotatable bonds is 4. The molecule has 116 valence electrons. The molecular formula is C18H24N4. The van der Waals surface area contributed by atoms with Crippen LogP contribution in [0.2, 0.25) is 0 Å². The lowest BCUT2D eigenvalue weighted by molar-refractivity contribution is 0.403. The minimum atomic E-state index is 0.744. The van der Waals surface area contributed by atoms with Crippen molar-refractivity contribution < 1.29 is 0 Å². The maximum Gasteiger partial charge on any atom is 0.180 e. The van der Waals surface area contributed by atoms with Gasteiger partial charge in [-0.15, -0.1) is 0 Å². The van der Waals surface area contributed by atoms with Gasteiger partial charge in [0.1, 0.15) is 11.5 Å². The molecule has 2 aromatic heterocycles. The molecule has 0 radical (unpaired) electrons. The van der Waals surface area contributed by atoms with Crippen LogP contribution < -0.4 is 4.90 Å². The van der Waals surface area contributed by atoms with Crippen LogP contribution in [0.15, 0.2) is 30.5 Å². The van der Waals surface area contributed by atoms with E-state index in [-0.39, 0.29) is 0 Å². The van der Waals surface area contributed by atoms with E-state index in [2.05, 4.69) is 34.8 Å². The van der Waals surface area contributed by atoms with Crippen molar-refractivity contribution in [2.24, 2.45) is 5.92 Å². The summed E-state index contributed by atoms with van der Waals surface area (Å²) in [5.41, 5.74) is 1.94. The quantitative estimate of drug-likeness (QED) is 0.862. The van der Waals surface area contributed by atoms with Gasteiger partial charge in [-0.2, -0.15) is 0 Å². The first kappa shape index (κ1) is 14.9. The van der Waals surface area contributed by atoms with Crippen LogP contribution in [0.3, 0.4) is 0 Å². The van der Waals surface area contributed by atoms with Gasteiger partial charge >= 0.3 is 0 Å². The third-order valence-electron chi connectivity index (χ3n) is 4.44. The van der Waals surface area contributed by atoms with Crippen molar-refractivity contribution in [1.29, 1.82) is 0 Å². The van der Waals surface area contributed by atoms with E-state index in [9.17, 15) is 0 Å². The Morgan fingerprint density at radius 1 is 1.23 bits per heavy atom. The summed E-state index contributed by atoms with van der Waals surface area (Å²) >= 11 is 0. The molecule has 1 aliphatic rings. The standard InChI is InChI=1S/C18H24N4/c1-3-14-8-7-11-22(13-14)17-12-15(4-2)20-18(21-17)16-9-5-6-10-19-16/h5-6,9-10,12,14H,3-4,7-8,11,13H2,1-2H3. The Morgan fingerprint density at radius 3 is 2.86 bits per heavy atom. The van der Waals surface area contributed by atoms with Crippen LogP contribution in [0.1, 0.15) is 38.8 Å². The van der Waals surface area contributed by atoms with Gasteiger partial charge in [0, 0.05) is 31.0 Å². The van der Waals surface area contributed by atoms with E-state index in [1.807, 2.05) is 18.2 Å². The topological polar surface area (TPSA) is 41.9 Å². The van der Waals surface area contributed by atoms with E-state index in [0.717, 1.165) is 48.5 Å². The summed E-state index contributed by atoms with van der Waals surface area (Å²) in [6.45, 7) is 6.63. The summed E-state index contributed by atoms with van der Waals surface area (Å²) in [6, 6.07) is 8.02. The highest BCUT2D eigenvalue weighted by Gasteiger charge is 2.20. The number of nitrogens with zero attached hydrogens (tertiary/aromatic N) is 4. The number of piperidine rings is 1. The molecule has 0 amide bonds. The van der Waals surface area contributed by atoms with Crippen LogP contribution >= 0.6 is 0 Å². The maximum atomic E-state index is 4.80. The van der Waals surface area contributed by atoms with Crippen molar-refractivity contribution in [3.05, 3.63) is 36.2 Å². The zero-order valence-corrected chi connectivity index (χ0v) is 13.5. The second-order valence-corrected chi connectivity index (χ2v) is 5.97. The van der Waals surface area contributed by atoms with Gasteiger partial charge in [-0.25, -0.2) is 9.97 Å². The molecule has 0 N–H and O–H groups in total. The van der Waals surface area contributed by atoms with E-state index in [1.165, 1.54) is 19.3 Å². The Morgan fingerprint density at radius 2 is 2.14 bits per heavy atom. The molecular weight excluding hydrogens is 272 g/mol. The van der Waals surface area contributed by atoms with Crippen molar-refractivity contribution in [2.45, 2.75) is 39.5 Å². The highest BCUT2D eigenvalue weighted by Crippen LogP contribution is 2.25. The largest absolute Gasteiger partial charge is 0.356 e. The number of anilines is 1. The fourth-order valence-corrected chi connectivity index (χ4v) is 3.04. The molecule has 0 spiro atoms. The molecule has 3 heterocycles. The van der Waals surface area contributed by atoms with Crippen LogP contribution in [0.25, 0.3) is 11.5 Å². The number of aryl methyl sites for hydroxylation is 1. The van der Waals surface area contributed by atoms with Crippen LogP contribution in [0.4, 0.5) is 5.82 Å². The molecule has 22 heavy (non-hydrogen) atoms. The summed E-state index contributed by atoms with van der Waals surface area (Å²) in [5.74, 6) is 2.59. The van der Waals surface area contributed by atoms with E-state index >= 15 is 0 Å². The summed E-state index contributed by atoms with van der Waals surface area (Å²) in [6.07, 6.45) is 6.55. The van der Waals surface area contributed by atoms with Crippen molar-refractivity contribution in [3.8, 4) is 11.5 Å². The van der Waals surface area contributed by atoms with Crippen molar-refractivity contribution in [3.63, 3.8) is 0 Å². The van der Waals surface area contributed by atoms with Gasteiger partial charge in [0.2, 0.25) is 0 Å². The van der Waals surface area contributed by atoms with Gasteiger partial charge in [0.15, 0.2) is 5.82 Å². The summed E-state index contributed by atoms with van der Waals surface area (Å²) < 4.78 is 0. The van der Waals surface area contributed by atoms with Gasteiger partial charge in [0.25, 0.3) is 0 Å². The molecule has 1 aliphatic heterocycles. The van der Waals surface area contributed by atoms with Gasteiger partial charge in [0.05, 0.1) is 0 Å². The Hall–Kier alpha value is -1.97. The zero-order valence-electron chi connectivity index (χ0n) is 13.5. The molecule has 4 nitrogen and oxygen atoms in total. The average molecular weight is 296 g/mol. The molecule has 0 aliphatic carbocycles. The molecule has 0 saturated carbocycles. The molecule has 4 heteroatoms. The van der Waals surface area contributed by atoms with Gasteiger partial charge < -0.3 is 4.90 Å². The third kappa shape index (κ3) is 3.26. The van der Waals surface area contributed by atoms with Crippen molar-refractivity contribution in [1.82, 2.24) is 15.0 Å². The van der Waals surface area contributed by atoms with E-state index in [1.54, 1.807) is 6.20 Å². The van der Waals surface area contributed by atoms with Crippen molar-refractivity contribution >= 4 is 5.82 Å². The number of hydrogen-bond acceptors (Lipinski definition) is 4. The molecule has 1 fully saturated rings. The van der Waals surface area contributed by atoms with E-state index in [4.69, 9.17) is 4.98 Å². The molecule has 3 rings (SSSR count). The van der Waals surface area contributed by atoms with Gasteiger partial charge in [-0.05, 0) is 37.3 Å². The monoisotopic (exact) mass is 296 g/mol. The van der Waals surface area contributed by atoms with E-state index in [0.29, 0.717) is 0 Å². The summed E-state index contributed by atoms with van der Waals surface area (Å²) in [7, 11) is 0. The van der Waals surface area contributed by atoms with Gasteiger partial charge in [-0.3, -0.25) is 4.98 Å². The Bertz CT molecular complexity index is 612. The molecule has 1 unspecified atom stereocenters. The molecule has 2 aromatic rings. The lowest BCUT2D eigenvalue weighted by Gasteiger charge is -2.33. The molecule has 0 aromatic carbocycles. The lowest BCUT2D eigenvalue weighted by atomic mass is 9.96. The van der Waals surface area contributed by atoms with Crippen LogP contribution in [-0.4, -0.2) is 28.0 Å². The SMILES string of the molecule is CCc1cc(N2CCCC(CC)C2)nc(-c2ccccn2)n1. The number of hydrogen-bond donors (Lipinski definition) is 0. The highest BCUT2D eigenvalue weighted by atomic mass is 15.2. The number of pyridine rings is 1. The summed E-state index contributed by atoms with van der Waals surface area (Å²) in [4.78, 5) is 16.3. The van der Waals surface area contributed by atoms with Crippen LogP contribution in [0, 0.1) is 5.92 Å². The Balaban J connectivity index is 1.94. The van der Waals surface area contributed by atoms with Crippen molar-refractivity contribution in [2.75, 3.05) is 18.0 Å². The minimum Gasteiger partial charge on any atom is -0.356 e. The second-order valence-electron chi connectivity index (χ2n) is 5.97. The molecule has 1 saturated heterocycles. The predicted octanol–water partition coefficient (Wildman–Crippen LogP) is 3.73. The first-order valence-corrected chi connectivity index (χ1v) is 8.34. The van der Waals surface area contributed by atoms with Crippen LogP contribution in [-0.2, 0) is 6.42 Å². The summed E-state index contributed by atoms with van der Waals surface area (Å²) in [5, 5.41) is 0. The molecule has 1 atom stereocenters.